The van der Waals surface area contributed by atoms with Crippen molar-refractivity contribution in [2.75, 3.05) is 32.6 Å². The van der Waals surface area contributed by atoms with Crippen molar-refractivity contribution in [3.05, 3.63) is 53.1 Å². The highest BCUT2D eigenvalue weighted by atomic mass is 35.5. The normalized spacial score (nSPS) is 16.2. The summed E-state index contributed by atoms with van der Waals surface area (Å²) in [5.41, 5.74) is 1.62. The quantitative estimate of drug-likeness (QED) is 0.770. The first-order valence-corrected chi connectivity index (χ1v) is 9.43. The van der Waals surface area contributed by atoms with Crippen LogP contribution < -0.4 is 14.8 Å². The van der Waals surface area contributed by atoms with Gasteiger partial charge in [0.25, 0.3) is 0 Å². The summed E-state index contributed by atoms with van der Waals surface area (Å²) in [6.45, 7) is 1.01. The maximum absolute atomic E-state index is 12.7. The summed E-state index contributed by atoms with van der Waals surface area (Å²) in [4.78, 5) is 26.7. The Labute approximate surface area is 169 Å². The predicted molar refractivity (Wildman–Crippen MR) is 108 cm³/mol. The molecule has 1 N–H and O–H groups in total. The number of anilines is 1. The molecule has 0 saturated carbocycles. The summed E-state index contributed by atoms with van der Waals surface area (Å²) in [6, 6.07) is 13.2. The van der Waals surface area contributed by atoms with Crippen molar-refractivity contribution in [1.82, 2.24) is 4.90 Å². The summed E-state index contributed by atoms with van der Waals surface area (Å²) in [5, 5.41) is 3.19. The molecule has 0 aliphatic carbocycles. The van der Waals surface area contributed by atoms with E-state index in [4.69, 9.17) is 21.1 Å². The molecule has 1 heterocycles. The first-order chi connectivity index (χ1) is 13.5. The zero-order valence-corrected chi connectivity index (χ0v) is 16.7. The van der Waals surface area contributed by atoms with Crippen molar-refractivity contribution in [2.24, 2.45) is 5.92 Å². The molecule has 1 aliphatic heterocycles. The molecule has 148 valence electrons. The van der Waals surface area contributed by atoms with Gasteiger partial charge in [0, 0.05) is 25.6 Å². The molecular formula is C21H23ClN2O4. The molecule has 2 amide bonds. The number of nitrogens with one attached hydrogen (secondary N) is 1. The van der Waals surface area contributed by atoms with Crippen LogP contribution in [-0.2, 0) is 16.0 Å². The van der Waals surface area contributed by atoms with Crippen LogP contribution in [0.1, 0.15) is 12.0 Å². The Balaban J connectivity index is 1.62. The van der Waals surface area contributed by atoms with Gasteiger partial charge in [0.2, 0.25) is 11.8 Å². The number of nitrogens with zero attached hydrogens (tertiary/aromatic N) is 1. The fourth-order valence-corrected chi connectivity index (χ4v) is 3.51. The van der Waals surface area contributed by atoms with Crippen molar-refractivity contribution >= 4 is 29.1 Å². The molecule has 7 heteroatoms. The molecule has 6 nitrogen and oxygen atoms in total. The summed E-state index contributed by atoms with van der Waals surface area (Å²) in [5.74, 6) is 0.263. The predicted octanol–water partition coefficient (Wildman–Crippen LogP) is 3.39. The smallest absolute Gasteiger partial charge is 0.229 e. The Morgan fingerprint density at radius 2 is 1.89 bits per heavy atom. The first-order valence-electron chi connectivity index (χ1n) is 9.06. The van der Waals surface area contributed by atoms with Crippen LogP contribution in [0.15, 0.2) is 42.5 Å². The zero-order chi connectivity index (χ0) is 20.1. The maximum atomic E-state index is 12.7. The Hall–Kier alpha value is -2.73. The van der Waals surface area contributed by atoms with Gasteiger partial charge >= 0.3 is 0 Å². The third-order valence-electron chi connectivity index (χ3n) is 4.83. The number of halogens is 1. The molecular weight excluding hydrogens is 380 g/mol. The van der Waals surface area contributed by atoms with E-state index in [1.54, 1.807) is 17.0 Å². The number of carbonyl (C=O) groups is 2. The number of carbonyl (C=O) groups excluding carboxylic acids is 2. The van der Waals surface area contributed by atoms with Gasteiger partial charge in [-0.3, -0.25) is 9.59 Å². The molecule has 0 bridgehead atoms. The largest absolute Gasteiger partial charge is 0.495 e. The van der Waals surface area contributed by atoms with Crippen LogP contribution in [0.5, 0.6) is 11.5 Å². The molecule has 3 rings (SSSR count). The van der Waals surface area contributed by atoms with Crippen molar-refractivity contribution in [3.63, 3.8) is 0 Å². The first kappa shape index (κ1) is 20.0. The Morgan fingerprint density at radius 3 is 2.57 bits per heavy atom. The minimum atomic E-state index is -0.408. The van der Waals surface area contributed by atoms with E-state index >= 15 is 0 Å². The van der Waals surface area contributed by atoms with Gasteiger partial charge in [-0.25, -0.2) is 0 Å². The number of likely N-dealkylation sites (tertiary alicyclic amines) is 1. The second-order valence-corrected chi connectivity index (χ2v) is 7.06. The van der Waals surface area contributed by atoms with Gasteiger partial charge in [0.15, 0.2) is 0 Å². The lowest BCUT2D eigenvalue weighted by Gasteiger charge is -2.17. The third-order valence-corrected chi connectivity index (χ3v) is 5.13. The van der Waals surface area contributed by atoms with Crippen LogP contribution in [0.3, 0.4) is 0 Å². The minimum absolute atomic E-state index is 0.00388. The molecule has 2 aromatic rings. The number of amides is 2. The van der Waals surface area contributed by atoms with Crippen LogP contribution in [0.2, 0.25) is 5.02 Å². The molecule has 0 spiro atoms. The van der Waals surface area contributed by atoms with Crippen LogP contribution >= 0.6 is 11.6 Å². The molecule has 2 aromatic carbocycles. The van der Waals surface area contributed by atoms with E-state index in [1.807, 2.05) is 30.3 Å². The summed E-state index contributed by atoms with van der Waals surface area (Å²) >= 11 is 6.15. The SMILES string of the molecule is COc1cc(OC)c(NC(=O)C2CC(=O)N(CCc3ccccc3)C2)cc1Cl. The Kier molecular flexibility index (Phi) is 6.41. The van der Waals surface area contributed by atoms with Gasteiger partial charge in [-0.1, -0.05) is 41.9 Å². The van der Waals surface area contributed by atoms with Gasteiger partial charge in [0.05, 0.1) is 30.8 Å². The Morgan fingerprint density at radius 1 is 1.18 bits per heavy atom. The third kappa shape index (κ3) is 4.57. The lowest BCUT2D eigenvalue weighted by atomic mass is 10.1. The molecule has 1 saturated heterocycles. The average Bonchev–Trinajstić information content (AvgIpc) is 3.08. The number of hydrogen-bond donors (Lipinski definition) is 1. The van der Waals surface area contributed by atoms with Gasteiger partial charge in [0.1, 0.15) is 11.5 Å². The van der Waals surface area contributed by atoms with Gasteiger partial charge < -0.3 is 19.7 Å². The number of rotatable bonds is 7. The number of benzene rings is 2. The van der Waals surface area contributed by atoms with Crippen molar-refractivity contribution in [1.29, 1.82) is 0 Å². The standard InChI is InChI=1S/C21H23ClN2O4/c1-27-18-12-19(28-2)17(11-16(18)22)23-21(26)15-10-20(25)24(13-15)9-8-14-6-4-3-5-7-14/h3-7,11-12,15H,8-10,13H2,1-2H3,(H,23,26). The number of methoxy groups -OCH3 is 2. The highest BCUT2D eigenvalue weighted by Gasteiger charge is 2.34. The van der Waals surface area contributed by atoms with Crippen molar-refractivity contribution < 1.29 is 19.1 Å². The highest BCUT2D eigenvalue weighted by molar-refractivity contribution is 6.32. The van der Waals surface area contributed by atoms with Gasteiger partial charge in [-0.05, 0) is 18.1 Å². The van der Waals surface area contributed by atoms with E-state index in [9.17, 15) is 9.59 Å². The molecule has 0 radical (unpaired) electrons. The molecule has 1 unspecified atom stereocenters. The van der Waals surface area contributed by atoms with Crippen molar-refractivity contribution in [3.8, 4) is 11.5 Å². The molecule has 28 heavy (non-hydrogen) atoms. The summed E-state index contributed by atoms with van der Waals surface area (Å²) < 4.78 is 10.5. The van der Waals surface area contributed by atoms with E-state index in [0.29, 0.717) is 35.3 Å². The lowest BCUT2D eigenvalue weighted by molar-refractivity contribution is -0.128. The molecule has 1 atom stereocenters. The van der Waals surface area contributed by atoms with E-state index in [0.717, 1.165) is 6.42 Å². The maximum Gasteiger partial charge on any atom is 0.229 e. The van der Waals surface area contributed by atoms with Gasteiger partial charge in [-0.15, -0.1) is 0 Å². The number of ether oxygens (including phenoxy) is 2. The van der Waals surface area contributed by atoms with E-state index in [1.165, 1.54) is 19.8 Å². The molecule has 0 aromatic heterocycles. The van der Waals surface area contributed by atoms with Crippen LogP contribution in [0.4, 0.5) is 5.69 Å². The van der Waals surface area contributed by atoms with Crippen molar-refractivity contribution in [2.45, 2.75) is 12.8 Å². The number of hydrogen-bond acceptors (Lipinski definition) is 4. The summed E-state index contributed by atoms with van der Waals surface area (Å²) in [7, 11) is 3.01. The van der Waals surface area contributed by atoms with E-state index in [-0.39, 0.29) is 18.2 Å². The zero-order valence-electron chi connectivity index (χ0n) is 15.9. The minimum Gasteiger partial charge on any atom is -0.495 e. The van der Waals surface area contributed by atoms with E-state index in [2.05, 4.69) is 5.32 Å². The highest BCUT2D eigenvalue weighted by Crippen LogP contribution is 2.36. The molecule has 1 aliphatic rings. The van der Waals surface area contributed by atoms with E-state index < -0.39 is 5.92 Å². The molecule has 1 fully saturated rings. The lowest BCUT2D eigenvalue weighted by Crippen LogP contribution is -2.30. The summed E-state index contributed by atoms with van der Waals surface area (Å²) in [6.07, 6.45) is 0.968. The van der Waals surface area contributed by atoms with Crippen LogP contribution in [-0.4, -0.2) is 44.0 Å². The fourth-order valence-electron chi connectivity index (χ4n) is 3.27. The topological polar surface area (TPSA) is 67.9 Å². The fraction of sp³-hybridized carbons (Fsp3) is 0.333. The second kappa shape index (κ2) is 8.97. The van der Waals surface area contributed by atoms with Gasteiger partial charge in [-0.2, -0.15) is 0 Å². The van der Waals surface area contributed by atoms with Crippen LogP contribution in [0, 0.1) is 5.92 Å². The monoisotopic (exact) mass is 402 g/mol. The Bertz CT molecular complexity index is 857. The van der Waals surface area contributed by atoms with Crippen LogP contribution in [0.25, 0.3) is 0 Å². The second-order valence-electron chi connectivity index (χ2n) is 6.65. The average molecular weight is 403 g/mol.